The van der Waals surface area contributed by atoms with Crippen molar-refractivity contribution in [1.82, 2.24) is 20.4 Å². The number of aromatic nitrogens is 2. The third-order valence-electron chi connectivity index (χ3n) is 7.25. The van der Waals surface area contributed by atoms with E-state index < -0.39 is 0 Å². The molecule has 2 heterocycles. The van der Waals surface area contributed by atoms with Gasteiger partial charge in [0.15, 0.2) is 0 Å². The molecule has 0 bridgehead atoms. The van der Waals surface area contributed by atoms with Crippen molar-refractivity contribution < 1.29 is 9.32 Å². The summed E-state index contributed by atoms with van der Waals surface area (Å²) in [6.45, 7) is 8.37. The van der Waals surface area contributed by atoms with Gasteiger partial charge in [-0.15, -0.1) is 0 Å². The molecule has 190 valence electrons. The first kappa shape index (κ1) is 24.9. The number of benzene rings is 3. The molecule has 1 N–H and O–H groups in total. The van der Waals surface area contributed by atoms with Gasteiger partial charge < -0.3 is 9.84 Å². The van der Waals surface area contributed by atoms with Gasteiger partial charge in [-0.25, -0.2) is 0 Å². The topological polar surface area (TPSA) is 71.3 Å². The number of aryl methyl sites for hydroxylation is 3. The maximum atomic E-state index is 13.6. The van der Waals surface area contributed by atoms with E-state index in [9.17, 15) is 4.79 Å². The monoisotopic (exact) mass is 494 g/mol. The van der Waals surface area contributed by atoms with Crippen molar-refractivity contribution in [3.05, 3.63) is 107 Å². The number of hydrogen-bond donors (Lipinski definition) is 1. The van der Waals surface area contributed by atoms with Crippen molar-refractivity contribution in [3.8, 4) is 11.4 Å². The number of likely N-dealkylation sites (tertiary alicyclic amines) is 1. The second-order valence-electron chi connectivity index (χ2n) is 10.1. The largest absolute Gasteiger partial charge is 0.345 e. The van der Waals surface area contributed by atoms with Crippen molar-refractivity contribution in [2.45, 2.75) is 46.2 Å². The van der Waals surface area contributed by atoms with Gasteiger partial charge in [0.05, 0.1) is 18.5 Å². The highest BCUT2D eigenvalue weighted by molar-refractivity contribution is 5.80. The molecule has 1 aliphatic heterocycles. The summed E-state index contributed by atoms with van der Waals surface area (Å²) in [5.41, 5.74) is 6.71. The van der Waals surface area contributed by atoms with Gasteiger partial charge in [-0.1, -0.05) is 83.5 Å². The normalized spacial score (nSPS) is 16.9. The third kappa shape index (κ3) is 5.81. The molecule has 5 rings (SSSR count). The highest BCUT2D eigenvalue weighted by Crippen LogP contribution is 2.28. The Kier molecular flexibility index (Phi) is 7.47. The molecule has 1 amide bonds. The molecule has 0 spiro atoms. The number of nitrogens with one attached hydrogen (secondary N) is 1. The van der Waals surface area contributed by atoms with Crippen molar-refractivity contribution in [2.75, 3.05) is 13.1 Å². The molecule has 1 aromatic heterocycles. The predicted molar refractivity (Wildman–Crippen MR) is 145 cm³/mol. The van der Waals surface area contributed by atoms with Crippen LogP contribution in [0.2, 0.25) is 0 Å². The van der Waals surface area contributed by atoms with E-state index in [1.54, 1.807) is 0 Å². The lowest BCUT2D eigenvalue weighted by molar-refractivity contribution is -0.127. The SMILES string of the molecule is Cc1ccc(C(NC(=O)C2CCCN(Cc3nc(-c4ccccc4C)no3)C2)c2ccccc2)c(C)c1. The minimum Gasteiger partial charge on any atom is -0.345 e. The molecule has 4 aromatic rings. The Bertz CT molecular complexity index is 1360. The molecule has 6 nitrogen and oxygen atoms in total. The van der Waals surface area contributed by atoms with Crippen LogP contribution in [-0.2, 0) is 11.3 Å². The Morgan fingerprint density at radius 2 is 1.81 bits per heavy atom. The number of nitrogens with zero attached hydrogens (tertiary/aromatic N) is 3. The van der Waals surface area contributed by atoms with E-state index in [1.165, 1.54) is 11.1 Å². The van der Waals surface area contributed by atoms with Gasteiger partial charge in [0.25, 0.3) is 0 Å². The summed E-state index contributed by atoms with van der Waals surface area (Å²) in [6.07, 6.45) is 1.82. The number of carbonyl (C=O) groups excluding carboxylic acids is 1. The Morgan fingerprint density at radius 1 is 1.03 bits per heavy atom. The van der Waals surface area contributed by atoms with Crippen molar-refractivity contribution in [3.63, 3.8) is 0 Å². The fourth-order valence-electron chi connectivity index (χ4n) is 5.25. The first-order valence-corrected chi connectivity index (χ1v) is 13.0. The molecule has 0 radical (unpaired) electrons. The van der Waals surface area contributed by atoms with Crippen LogP contribution < -0.4 is 5.32 Å². The molecule has 0 aliphatic carbocycles. The van der Waals surface area contributed by atoms with E-state index in [4.69, 9.17) is 4.52 Å². The lowest BCUT2D eigenvalue weighted by Gasteiger charge is -2.32. The maximum absolute atomic E-state index is 13.6. The predicted octanol–water partition coefficient (Wildman–Crippen LogP) is 5.78. The average molecular weight is 495 g/mol. The van der Waals surface area contributed by atoms with Crippen molar-refractivity contribution >= 4 is 5.91 Å². The third-order valence-corrected chi connectivity index (χ3v) is 7.25. The second kappa shape index (κ2) is 11.1. The van der Waals surface area contributed by atoms with Crippen LogP contribution in [-0.4, -0.2) is 34.0 Å². The van der Waals surface area contributed by atoms with Crippen LogP contribution in [0, 0.1) is 26.7 Å². The van der Waals surface area contributed by atoms with E-state index >= 15 is 0 Å². The Morgan fingerprint density at radius 3 is 2.59 bits per heavy atom. The zero-order valence-corrected chi connectivity index (χ0v) is 21.8. The highest BCUT2D eigenvalue weighted by Gasteiger charge is 2.29. The van der Waals surface area contributed by atoms with Crippen molar-refractivity contribution in [1.29, 1.82) is 0 Å². The van der Waals surface area contributed by atoms with Crippen LogP contribution in [0.5, 0.6) is 0 Å². The summed E-state index contributed by atoms with van der Waals surface area (Å²) in [6, 6.07) is 24.5. The Balaban J connectivity index is 1.28. The maximum Gasteiger partial charge on any atom is 0.241 e. The smallest absolute Gasteiger partial charge is 0.241 e. The lowest BCUT2D eigenvalue weighted by atomic mass is 9.92. The summed E-state index contributed by atoms with van der Waals surface area (Å²) in [5, 5.41) is 7.57. The molecular formula is C31H34N4O2. The van der Waals surface area contributed by atoms with Crippen LogP contribution in [0.4, 0.5) is 0 Å². The summed E-state index contributed by atoms with van der Waals surface area (Å²) in [4.78, 5) is 20.4. The lowest BCUT2D eigenvalue weighted by Crippen LogP contribution is -2.44. The summed E-state index contributed by atoms with van der Waals surface area (Å²) < 4.78 is 5.57. The quantitative estimate of drug-likeness (QED) is 0.353. The number of hydrogen-bond acceptors (Lipinski definition) is 5. The summed E-state index contributed by atoms with van der Waals surface area (Å²) in [5.74, 6) is 1.18. The van der Waals surface area contributed by atoms with Gasteiger partial charge in [-0.2, -0.15) is 4.98 Å². The zero-order valence-electron chi connectivity index (χ0n) is 21.8. The minimum atomic E-state index is -0.183. The fraction of sp³-hybridized carbons (Fsp3) is 0.323. The Hall–Kier alpha value is -3.77. The number of amides is 1. The molecule has 2 atom stereocenters. The summed E-state index contributed by atoms with van der Waals surface area (Å²) >= 11 is 0. The van der Waals surface area contributed by atoms with Crippen LogP contribution in [0.15, 0.2) is 77.3 Å². The highest BCUT2D eigenvalue weighted by atomic mass is 16.5. The van der Waals surface area contributed by atoms with Gasteiger partial charge in [-0.3, -0.25) is 9.69 Å². The van der Waals surface area contributed by atoms with Gasteiger partial charge >= 0.3 is 0 Å². The molecule has 0 saturated carbocycles. The zero-order chi connectivity index (χ0) is 25.8. The first-order valence-electron chi connectivity index (χ1n) is 13.0. The van der Waals surface area contributed by atoms with Gasteiger partial charge in [-0.05, 0) is 62.4 Å². The Labute approximate surface area is 218 Å². The molecule has 37 heavy (non-hydrogen) atoms. The van der Waals surface area contributed by atoms with E-state index in [0.717, 1.165) is 41.6 Å². The number of carbonyl (C=O) groups is 1. The molecule has 1 aliphatic rings. The molecule has 3 aromatic carbocycles. The van der Waals surface area contributed by atoms with Crippen LogP contribution in [0.3, 0.4) is 0 Å². The van der Waals surface area contributed by atoms with Gasteiger partial charge in [0, 0.05) is 12.1 Å². The first-order chi connectivity index (χ1) is 18.0. The van der Waals surface area contributed by atoms with Gasteiger partial charge in [0.2, 0.25) is 17.6 Å². The molecule has 2 unspecified atom stereocenters. The van der Waals surface area contributed by atoms with Crippen molar-refractivity contribution in [2.24, 2.45) is 5.92 Å². The van der Waals surface area contributed by atoms with Crippen LogP contribution in [0.25, 0.3) is 11.4 Å². The molecule has 1 saturated heterocycles. The van der Waals surface area contributed by atoms with E-state index in [-0.39, 0.29) is 17.9 Å². The second-order valence-corrected chi connectivity index (χ2v) is 10.1. The van der Waals surface area contributed by atoms with E-state index in [0.29, 0.717) is 24.8 Å². The van der Waals surface area contributed by atoms with Crippen LogP contribution >= 0.6 is 0 Å². The van der Waals surface area contributed by atoms with Gasteiger partial charge in [0.1, 0.15) is 0 Å². The summed E-state index contributed by atoms with van der Waals surface area (Å²) in [7, 11) is 0. The van der Waals surface area contributed by atoms with E-state index in [2.05, 4.69) is 64.5 Å². The molecular weight excluding hydrogens is 460 g/mol. The minimum absolute atomic E-state index is 0.0876. The van der Waals surface area contributed by atoms with E-state index in [1.807, 2.05) is 49.4 Å². The number of rotatable bonds is 7. The molecule has 1 fully saturated rings. The average Bonchev–Trinajstić information content (AvgIpc) is 3.36. The molecule has 6 heteroatoms. The fourth-order valence-corrected chi connectivity index (χ4v) is 5.25. The standard InChI is InChI=1S/C31H34N4O2/c1-21-15-16-26(23(3)18-21)29(24-11-5-4-6-12-24)33-31(36)25-13-9-17-35(19-25)20-28-32-30(34-37-28)27-14-8-7-10-22(27)2/h4-8,10-12,14-16,18,25,29H,9,13,17,19-20H2,1-3H3,(H,33,36). The number of piperidine rings is 1. The van der Waals surface area contributed by atoms with Crippen LogP contribution in [0.1, 0.15) is 52.6 Å².